The highest BCUT2D eigenvalue weighted by atomic mass is 19.1. The number of nitrogens with zero attached hydrogens (tertiary/aromatic N) is 4. The lowest BCUT2D eigenvalue weighted by molar-refractivity contribution is -0.151. The van der Waals surface area contributed by atoms with Crippen molar-refractivity contribution < 1.29 is 32.9 Å². The number of rotatable bonds is 13. The summed E-state index contributed by atoms with van der Waals surface area (Å²) in [4.78, 5) is 46.2. The average molecular weight is 687 g/mol. The van der Waals surface area contributed by atoms with Gasteiger partial charge in [-0.25, -0.2) is 9.07 Å². The monoisotopic (exact) mass is 686 g/mol. The first-order valence-corrected chi connectivity index (χ1v) is 15.7. The number of benzene rings is 3. The second kappa shape index (κ2) is 15.2. The number of anilines is 1. The predicted molar refractivity (Wildman–Crippen MR) is 186 cm³/mol. The van der Waals surface area contributed by atoms with Crippen molar-refractivity contribution in [3.63, 3.8) is 0 Å². The van der Waals surface area contributed by atoms with Gasteiger partial charge in [0.1, 0.15) is 23.5 Å². The normalized spacial score (nSPS) is 12.4. The molecule has 262 valence electrons. The molecule has 0 bridgehead atoms. The number of carbonyl (C=O) groups excluding carboxylic acids is 2. The molecule has 0 aliphatic carbocycles. The number of nitrogens with two attached hydrogens (primary N) is 1. The summed E-state index contributed by atoms with van der Waals surface area (Å²) in [5.74, 6) is -0.953. The van der Waals surface area contributed by atoms with Crippen LogP contribution in [-0.2, 0) is 16.1 Å². The molecule has 2 aromatic heterocycles. The first kappa shape index (κ1) is 35.6. The molecule has 5 rings (SSSR count). The number of para-hydroxylation sites is 1. The molecule has 3 N–H and O–H groups in total. The molecular formula is C36H39FN6O7. The molecule has 5 aromatic rings. The van der Waals surface area contributed by atoms with Crippen LogP contribution in [0.25, 0.3) is 16.6 Å². The van der Waals surface area contributed by atoms with E-state index in [9.17, 15) is 14.4 Å². The van der Waals surface area contributed by atoms with Gasteiger partial charge in [0, 0.05) is 35.9 Å². The van der Waals surface area contributed by atoms with Crippen molar-refractivity contribution in [2.45, 2.75) is 32.5 Å². The topological polar surface area (TPSA) is 152 Å². The average Bonchev–Trinajstić information content (AvgIpc) is 3.33. The summed E-state index contributed by atoms with van der Waals surface area (Å²) in [5, 5.41) is 3.21. The van der Waals surface area contributed by atoms with Gasteiger partial charge in [-0.05, 0) is 64.3 Å². The smallest absolute Gasteiger partial charge is 0.323 e. The van der Waals surface area contributed by atoms with E-state index in [-0.39, 0.29) is 23.5 Å². The van der Waals surface area contributed by atoms with Crippen molar-refractivity contribution in [3.8, 4) is 28.7 Å². The highest BCUT2D eigenvalue weighted by Crippen LogP contribution is 2.37. The van der Waals surface area contributed by atoms with E-state index in [2.05, 4.69) is 10.3 Å². The van der Waals surface area contributed by atoms with Gasteiger partial charge in [0.15, 0.2) is 23.1 Å². The van der Waals surface area contributed by atoms with Crippen LogP contribution in [0.5, 0.6) is 23.0 Å². The van der Waals surface area contributed by atoms with Gasteiger partial charge < -0.3 is 34.9 Å². The molecule has 0 aliphatic heterocycles. The number of hydrogen-bond donors (Lipinski definition) is 2. The van der Waals surface area contributed by atoms with E-state index in [0.29, 0.717) is 46.1 Å². The number of likely N-dealkylation sites (N-methyl/N-ethyl adjacent to an activating group) is 1. The number of esters is 1. The molecule has 2 atom stereocenters. The predicted octanol–water partition coefficient (Wildman–Crippen LogP) is 4.52. The van der Waals surface area contributed by atoms with Gasteiger partial charge in [0.25, 0.3) is 11.5 Å². The van der Waals surface area contributed by atoms with Crippen LogP contribution >= 0.6 is 0 Å². The number of pyridine rings is 1. The Balaban J connectivity index is 1.45. The Bertz CT molecular complexity index is 2080. The summed E-state index contributed by atoms with van der Waals surface area (Å²) in [6.45, 7) is 3.52. The fraction of sp³-hybridized carbons (Fsp3) is 0.278. The fourth-order valence-corrected chi connectivity index (χ4v) is 5.47. The molecule has 2 heterocycles. The van der Waals surface area contributed by atoms with Gasteiger partial charge in [-0.1, -0.05) is 18.2 Å². The third-order valence-corrected chi connectivity index (χ3v) is 7.84. The third kappa shape index (κ3) is 7.61. The highest BCUT2D eigenvalue weighted by molar-refractivity contribution is 6.05. The first-order valence-electron chi connectivity index (χ1n) is 15.7. The van der Waals surface area contributed by atoms with Gasteiger partial charge in [-0.15, -0.1) is 0 Å². The molecule has 0 radical (unpaired) electrons. The van der Waals surface area contributed by atoms with E-state index in [1.807, 2.05) is 19.0 Å². The van der Waals surface area contributed by atoms with Crippen molar-refractivity contribution in [1.82, 2.24) is 19.2 Å². The zero-order valence-electron chi connectivity index (χ0n) is 28.6. The van der Waals surface area contributed by atoms with Crippen molar-refractivity contribution >= 4 is 28.5 Å². The lowest BCUT2D eigenvalue weighted by Gasteiger charge is -2.25. The van der Waals surface area contributed by atoms with Crippen molar-refractivity contribution in [1.29, 1.82) is 0 Å². The summed E-state index contributed by atoms with van der Waals surface area (Å²) in [5.41, 5.74) is 6.44. The minimum atomic E-state index is -0.850. The molecule has 0 saturated carbocycles. The molecule has 14 heteroatoms. The molecule has 50 heavy (non-hydrogen) atoms. The summed E-state index contributed by atoms with van der Waals surface area (Å²) < 4.78 is 40.7. The van der Waals surface area contributed by atoms with E-state index in [4.69, 9.17) is 24.7 Å². The third-order valence-electron chi connectivity index (χ3n) is 7.84. The standard InChI is InChI=1S/C36H39FN6O7/c1-21(38)36(46)49-25(19-41(3)4)20-42-22(2)33(35(45)43(42)24-10-8-7-9-11-24)34(44)40-23-12-13-30(27(37)16-23)50-29-14-15-39-28-18-32(48-6)31(47-5)17-26(28)29/h7-18,21,25H,19-20,38H2,1-6H3,(H,40,44)/t21-,25+/m0/s1. The van der Waals surface area contributed by atoms with Crippen LogP contribution in [0.4, 0.5) is 10.1 Å². The molecule has 0 spiro atoms. The Morgan fingerprint density at radius 1 is 0.980 bits per heavy atom. The summed E-state index contributed by atoms with van der Waals surface area (Å²) in [7, 11) is 6.66. The fourth-order valence-electron chi connectivity index (χ4n) is 5.47. The summed E-state index contributed by atoms with van der Waals surface area (Å²) in [6.07, 6.45) is 0.820. The highest BCUT2D eigenvalue weighted by Gasteiger charge is 2.28. The minimum absolute atomic E-state index is 0.0445. The number of ether oxygens (including phenoxy) is 4. The van der Waals surface area contributed by atoms with E-state index >= 15 is 4.39 Å². The van der Waals surface area contributed by atoms with Crippen molar-refractivity contribution in [2.24, 2.45) is 5.73 Å². The number of methoxy groups -OCH3 is 2. The Labute approximate surface area is 287 Å². The minimum Gasteiger partial charge on any atom is -0.493 e. The number of halogens is 1. The van der Waals surface area contributed by atoms with Gasteiger partial charge in [0.2, 0.25) is 0 Å². The maximum atomic E-state index is 15.4. The van der Waals surface area contributed by atoms with Gasteiger partial charge in [-0.2, -0.15) is 0 Å². The van der Waals surface area contributed by atoms with Crippen molar-refractivity contribution in [3.05, 3.63) is 100 Å². The molecule has 1 amide bonds. The zero-order chi connectivity index (χ0) is 36.1. The zero-order valence-corrected chi connectivity index (χ0v) is 28.6. The van der Waals surface area contributed by atoms with Gasteiger partial charge >= 0.3 is 5.97 Å². The van der Waals surface area contributed by atoms with Gasteiger partial charge in [-0.3, -0.25) is 24.0 Å². The Morgan fingerprint density at radius 2 is 1.68 bits per heavy atom. The maximum Gasteiger partial charge on any atom is 0.323 e. The summed E-state index contributed by atoms with van der Waals surface area (Å²) in [6, 6.07) is 16.8. The van der Waals surface area contributed by atoms with Gasteiger partial charge in [0.05, 0.1) is 37.7 Å². The Kier molecular flexibility index (Phi) is 10.8. The first-order chi connectivity index (χ1) is 23.9. The van der Waals surface area contributed by atoms with Crippen LogP contribution in [0.3, 0.4) is 0 Å². The number of fused-ring (bicyclic) bond motifs is 1. The van der Waals surface area contributed by atoms with E-state index in [1.165, 1.54) is 44.2 Å². The van der Waals surface area contributed by atoms with Crippen LogP contribution in [-0.4, -0.2) is 78.1 Å². The Morgan fingerprint density at radius 3 is 2.32 bits per heavy atom. The number of amides is 1. The van der Waals surface area contributed by atoms with Crippen LogP contribution in [0.15, 0.2) is 77.7 Å². The van der Waals surface area contributed by atoms with Crippen LogP contribution in [0.2, 0.25) is 0 Å². The second-order valence-electron chi connectivity index (χ2n) is 11.8. The number of nitrogens with one attached hydrogen (secondary N) is 1. The molecular weight excluding hydrogens is 647 g/mol. The number of carbonyl (C=O) groups is 2. The molecule has 0 unspecified atom stereocenters. The molecule has 0 fully saturated rings. The molecule has 0 saturated heterocycles. The number of hydrogen-bond acceptors (Lipinski definition) is 10. The Hall–Kier alpha value is -5.73. The lowest BCUT2D eigenvalue weighted by atomic mass is 10.1. The van der Waals surface area contributed by atoms with Crippen LogP contribution < -0.4 is 30.8 Å². The molecule has 0 aliphatic rings. The maximum absolute atomic E-state index is 15.4. The quantitative estimate of drug-likeness (QED) is 0.169. The molecule has 13 nitrogen and oxygen atoms in total. The van der Waals surface area contributed by atoms with Crippen LogP contribution in [0, 0.1) is 12.7 Å². The SMILES string of the molecule is COc1cc2nccc(Oc3ccc(NC(=O)c4c(C)n(C[C@@H](CN(C)C)OC(=O)[C@H](C)N)n(-c5ccccc5)c4=O)cc3F)c2cc1OC. The van der Waals surface area contributed by atoms with E-state index in [0.717, 1.165) is 6.07 Å². The molecule has 3 aromatic carbocycles. The van der Waals surface area contributed by atoms with E-state index in [1.54, 1.807) is 60.1 Å². The largest absolute Gasteiger partial charge is 0.493 e. The number of aromatic nitrogens is 3. The van der Waals surface area contributed by atoms with Crippen LogP contribution in [0.1, 0.15) is 23.0 Å². The lowest BCUT2D eigenvalue weighted by Crippen LogP contribution is -2.40. The van der Waals surface area contributed by atoms with E-state index < -0.39 is 35.4 Å². The second-order valence-corrected chi connectivity index (χ2v) is 11.8. The van der Waals surface area contributed by atoms with Crippen molar-refractivity contribution in [2.75, 3.05) is 40.2 Å². The summed E-state index contributed by atoms with van der Waals surface area (Å²) >= 11 is 0.